The van der Waals surface area contributed by atoms with Crippen LogP contribution in [0.3, 0.4) is 0 Å². The Morgan fingerprint density at radius 3 is 2.80 bits per heavy atom. The quantitative estimate of drug-likeness (QED) is 0.785. The second-order valence-electron chi connectivity index (χ2n) is 2.79. The highest BCUT2D eigenvalue weighted by Crippen LogP contribution is 2.29. The zero-order valence-corrected chi connectivity index (χ0v) is 10.2. The highest BCUT2D eigenvalue weighted by Gasteiger charge is 2.15. The summed E-state index contributed by atoms with van der Waals surface area (Å²) in [6.07, 6.45) is 0. The number of halogens is 1. The smallest absolute Gasteiger partial charge is 0.205 e. The largest absolute Gasteiger partial charge is 0.496 e. The summed E-state index contributed by atoms with van der Waals surface area (Å²) < 4.78 is 5.56. The van der Waals surface area contributed by atoms with Crippen molar-refractivity contribution in [2.75, 3.05) is 7.11 Å². The van der Waals surface area contributed by atoms with Crippen LogP contribution in [0.1, 0.15) is 15.2 Å². The van der Waals surface area contributed by atoms with Gasteiger partial charge in [0.15, 0.2) is 0 Å². The van der Waals surface area contributed by atoms with Crippen LogP contribution in [0.2, 0.25) is 4.34 Å². The van der Waals surface area contributed by atoms with Gasteiger partial charge >= 0.3 is 0 Å². The van der Waals surface area contributed by atoms with Gasteiger partial charge in [-0.25, -0.2) is 0 Å². The van der Waals surface area contributed by atoms with Crippen molar-refractivity contribution in [2.45, 2.75) is 0 Å². The molecule has 0 fully saturated rings. The minimum absolute atomic E-state index is 0.0467. The zero-order chi connectivity index (χ0) is 10.8. The van der Waals surface area contributed by atoms with Gasteiger partial charge < -0.3 is 4.74 Å². The van der Waals surface area contributed by atoms with Crippen LogP contribution < -0.4 is 4.74 Å². The molecular weight excluding hydrogens is 252 g/mol. The van der Waals surface area contributed by atoms with Gasteiger partial charge in [-0.1, -0.05) is 11.6 Å². The van der Waals surface area contributed by atoms with Crippen LogP contribution in [0.25, 0.3) is 0 Å². The van der Waals surface area contributed by atoms with Crippen LogP contribution in [-0.4, -0.2) is 12.9 Å². The summed E-state index contributed by atoms with van der Waals surface area (Å²) in [6, 6.07) is 3.46. The molecule has 0 spiro atoms. The predicted molar refractivity (Wildman–Crippen MR) is 63.6 cm³/mol. The van der Waals surface area contributed by atoms with Crippen molar-refractivity contribution in [1.29, 1.82) is 0 Å². The Labute approximate surface area is 100 Å². The van der Waals surface area contributed by atoms with Gasteiger partial charge in [0.2, 0.25) is 5.78 Å². The molecule has 0 aromatic carbocycles. The molecule has 5 heteroatoms. The van der Waals surface area contributed by atoms with Gasteiger partial charge in [-0.05, 0) is 11.4 Å². The fourth-order valence-electron chi connectivity index (χ4n) is 1.13. The molecular formula is C10H7ClO2S2. The molecule has 2 aromatic heterocycles. The van der Waals surface area contributed by atoms with Crippen molar-refractivity contribution in [1.82, 2.24) is 0 Å². The van der Waals surface area contributed by atoms with Crippen molar-refractivity contribution >= 4 is 40.1 Å². The lowest BCUT2D eigenvalue weighted by Crippen LogP contribution is -1.96. The van der Waals surface area contributed by atoms with Crippen LogP contribution in [0.15, 0.2) is 22.9 Å². The summed E-state index contributed by atoms with van der Waals surface area (Å²) in [7, 11) is 1.58. The molecule has 0 amide bonds. The molecule has 0 unspecified atom stereocenters. The van der Waals surface area contributed by atoms with Gasteiger partial charge in [-0.3, -0.25) is 4.79 Å². The van der Waals surface area contributed by atoms with Crippen LogP contribution in [0.5, 0.6) is 5.75 Å². The third-order valence-corrected chi connectivity index (χ3v) is 3.97. The van der Waals surface area contributed by atoms with Crippen molar-refractivity contribution in [3.8, 4) is 5.75 Å². The Morgan fingerprint density at radius 1 is 1.47 bits per heavy atom. The molecule has 0 aliphatic carbocycles. The topological polar surface area (TPSA) is 26.3 Å². The van der Waals surface area contributed by atoms with E-state index in [1.54, 1.807) is 30.0 Å². The summed E-state index contributed by atoms with van der Waals surface area (Å²) in [4.78, 5) is 12.6. The number of ether oxygens (including phenoxy) is 1. The Balaban J connectivity index is 2.32. The first-order valence-electron chi connectivity index (χ1n) is 4.12. The maximum atomic E-state index is 11.9. The fraction of sp³-hybridized carbons (Fsp3) is 0.100. The second kappa shape index (κ2) is 4.35. The standard InChI is InChI=1S/C10H7ClO2S2/c1-13-6-4-8(15-5-6)9(12)7-2-3-14-10(7)11/h2-5H,1H3. The Bertz CT molecular complexity index is 487. The molecule has 2 rings (SSSR count). The number of carbonyl (C=O) groups is 1. The van der Waals surface area contributed by atoms with Crippen molar-refractivity contribution in [3.63, 3.8) is 0 Å². The van der Waals surface area contributed by atoms with Gasteiger partial charge in [0, 0.05) is 11.4 Å². The Hall–Kier alpha value is -0.840. The Morgan fingerprint density at radius 2 is 2.27 bits per heavy atom. The first-order chi connectivity index (χ1) is 7.22. The number of thiophene rings is 2. The van der Waals surface area contributed by atoms with Gasteiger partial charge in [0.05, 0.1) is 17.6 Å². The first-order valence-corrected chi connectivity index (χ1v) is 6.26. The average molecular weight is 259 g/mol. The molecule has 2 nitrogen and oxygen atoms in total. The zero-order valence-electron chi connectivity index (χ0n) is 7.82. The molecule has 0 N–H and O–H groups in total. The third-order valence-electron chi connectivity index (χ3n) is 1.90. The third kappa shape index (κ3) is 2.07. The van der Waals surface area contributed by atoms with Crippen molar-refractivity contribution in [2.24, 2.45) is 0 Å². The maximum Gasteiger partial charge on any atom is 0.205 e. The first kappa shape index (κ1) is 10.7. The maximum absolute atomic E-state index is 11.9. The van der Waals surface area contributed by atoms with E-state index in [0.717, 1.165) is 0 Å². The lowest BCUT2D eigenvalue weighted by atomic mass is 10.2. The minimum Gasteiger partial charge on any atom is -0.496 e. The molecule has 2 aromatic rings. The van der Waals surface area contributed by atoms with E-state index in [0.29, 0.717) is 20.5 Å². The van der Waals surface area contributed by atoms with Crippen LogP contribution in [0, 0.1) is 0 Å². The van der Waals surface area contributed by atoms with Crippen LogP contribution in [-0.2, 0) is 0 Å². The number of ketones is 1. The molecule has 0 atom stereocenters. The van der Waals surface area contributed by atoms with E-state index >= 15 is 0 Å². The lowest BCUT2D eigenvalue weighted by molar-refractivity contribution is 0.104. The summed E-state index contributed by atoms with van der Waals surface area (Å²) in [5.41, 5.74) is 0.561. The van der Waals surface area contributed by atoms with Gasteiger partial charge in [0.25, 0.3) is 0 Å². The van der Waals surface area contributed by atoms with E-state index in [1.165, 1.54) is 22.7 Å². The van der Waals surface area contributed by atoms with Crippen LogP contribution in [0.4, 0.5) is 0 Å². The fourth-order valence-corrected chi connectivity index (χ4v) is 2.86. The molecule has 0 radical (unpaired) electrons. The van der Waals surface area contributed by atoms with E-state index < -0.39 is 0 Å². The van der Waals surface area contributed by atoms with Crippen molar-refractivity contribution < 1.29 is 9.53 Å². The molecule has 0 bridgehead atoms. The van der Waals surface area contributed by atoms with E-state index in [-0.39, 0.29) is 5.78 Å². The normalized spacial score (nSPS) is 10.3. The monoisotopic (exact) mass is 258 g/mol. The second-order valence-corrected chi connectivity index (χ2v) is 5.22. The van der Waals surface area contributed by atoms with Gasteiger partial charge in [0.1, 0.15) is 10.1 Å². The molecule has 0 saturated carbocycles. The number of hydrogen-bond acceptors (Lipinski definition) is 4. The highest BCUT2D eigenvalue weighted by molar-refractivity contribution is 7.15. The molecule has 0 aliphatic heterocycles. The van der Waals surface area contributed by atoms with E-state index in [4.69, 9.17) is 16.3 Å². The molecule has 78 valence electrons. The lowest BCUT2D eigenvalue weighted by Gasteiger charge is -1.94. The predicted octanol–water partition coefficient (Wildman–Crippen LogP) is 3.70. The van der Waals surface area contributed by atoms with E-state index in [2.05, 4.69) is 0 Å². The summed E-state index contributed by atoms with van der Waals surface area (Å²) >= 11 is 8.61. The molecule has 0 aliphatic rings. The number of rotatable bonds is 3. The molecule has 0 saturated heterocycles. The molecule has 2 heterocycles. The van der Waals surface area contributed by atoms with Crippen molar-refractivity contribution in [3.05, 3.63) is 37.7 Å². The van der Waals surface area contributed by atoms with Gasteiger partial charge in [-0.15, -0.1) is 22.7 Å². The highest BCUT2D eigenvalue weighted by atomic mass is 35.5. The molecule has 15 heavy (non-hydrogen) atoms. The Kier molecular flexibility index (Phi) is 3.09. The SMILES string of the molecule is COc1csc(C(=O)c2ccsc2Cl)c1. The van der Waals surface area contributed by atoms with E-state index in [1.807, 2.05) is 0 Å². The summed E-state index contributed by atoms with van der Waals surface area (Å²) in [5, 5.41) is 3.61. The summed E-state index contributed by atoms with van der Waals surface area (Å²) in [6.45, 7) is 0. The van der Waals surface area contributed by atoms with Gasteiger partial charge in [-0.2, -0.15) is 0 Å². The van der Waals surface area contributed by atoms with Crippen LogP contribution >= 0.6 is 34.3 Å². The van der Waals surface area contributed by atoms with E-state index in [9.17, 15) is 4.79 Å². The number of hydrogen-bond donors (Lipinski definition) is 0. The summed E-state index contributed by atoms with van der Waals surface area (Å²) in [5.74, 6) is 0.657. The minimum atomic E-state index is -0.0467. The number of methoxy groups -OCH3 is 1. The number of carbonyl (C=O) groups excluding carboxylic acids is 1. The average Bonchev–Trinajstić information content (AvgIpc) is 2.84.